The van der Waals surface area contributed by atoms with Crippen molar-refractivity contribution in [3.63, 3.8) is 0 Å². The fraction of sp³-hybridized carbons (Fsp3) is 0.269. The van der Waals surface area contributed by atoms with Crippen molar-refractivity contribution in [3.05, 3.63) is 82.2 Å². The van der Waals surface area contributed by atoms with E-state index in [2.05, 4.69) is 10.3 Å². The third-order valence-electron chi connectivity index (χ3n) is 5.59. The first-order valence-electron chi connectivity index (χ1n) is 11.1. The second kappa shape index (κ2) is 10.6. The normalized spacial score (nSPS) is 11.7. The fourth-order valence-corrected chi connectivity index (χ4v) is 3.98. The number of hydrogen-bond donors (Lipinski definition) is 3. The molecule has 2 heterocycles. The number of H-pyrrole nitrogens is 1. The van der Waals surface area contributed by atoms with Crippen LogP contribution in [0.1, 0.15) is 52.3 Å². The maximum atomic E-state index is 14.1. The Balaban J connectivity index is 2.14. The number of ether oxygens (including phenoxy) is 1. The van der Waals surface area contributed by atoms with Crippen LogP contribution in [0.15, 0.2) is 42.7 Å². The average molecular weight is 483 g/mol. The van der Waals surface area contributed by atoms with Crippen LogP contribution in [-0.4, -0.2) is 27.7 Å². The summed E-state index contributed by atoms with van der Waals surface area (Å²) in [4.78, 5) is 15.7. The molecule has 6 nitrogen and oxygen atoms in total. The van der Waals surface area contributed by atoms with E-state index in [4.69, 9.17) is 17.0 Å². The molecule has 0 spiro atoms. The van der Waals surface area contributed by atoms with Crippen LogP contribution >= 0.6 is 12.2 Å². The molecule has 0 radical (unpaired) electrons. The Morgan fingerprint density at radius 1 is 1.18 bits per heavy atom. The molecule has 3 rings (SSSR count). The first kappa shape index (κ1) is 25.1. The van der Waals surface area contributed by atoms with E-state index in [-0.39, 0.29) is 28.9 Å². The minimum atomic E-state index is -0.467. The van der Waals surface area contributed by atoms with Crippen LogP contribution in [0.3, 0.4) is 0 Å². The van der Waals surface area contributed by atoms with Gasteiger partial charge >= 0.3 is 5.97 Å². The van der Waals surface area contributed by atoms with Crippen molar-refractivity contribution in [1.82, 2.24) is 4.98 Å². The maximum Gasteiger partial charge on any atom is 0.340 e. The van der Waals surface area contributed by atoms with Crippen molar-refractivity contribution < 1.29 is 23.6 Å². The number of nitrogens with zero attached hydrogens (tertiary/aromatic N) is 1. The number of nitrogens with one attached hydrogen (secondary N) is 2. The summed E-state index contributed by atoms with van der Waals surface area (Å²) in [6.07, 6.45) is 4.45. The number of aliphatic hydroxyl groups is 1. The summed E-state index contributed by atoms with van der Waals surface area (Å²) in [7, 11) is 0. The Kier molecular flexibility index (Phi) is 7.83. The Hall–Kier alpha value is -3.52. The minimum Gasteiger partial charge on any atom is -0.501 e. The van der Waals surface area contributed by atoms with Gasteiger partial charge in [0.25, 0.3) is 5.70 Å². The van der Waals surface area contributed by atoms with E-state index < -0.39 is 5.97 Å². The molecule has 8 heteroatoms. The summed E-state index contributed by atoms with van der Waals surface area (Å²) < 4.78 is 21.0. The monoisotopic (exact) mass is 482 g/mol. The van der Waals surface area contributed by atoms with E-state index in [1.165, 1.54) is 6.07 Å². The first-order chi connectivity index (χ1) is 16.2. The molecule has 34 heavy (non-hydrogen) atoms. The summed E-state index contributed by atoms with van der Waals surface area (Å²) >= 11 is 5.65. The van der Waals surface area contributed by atoms with Crippen molar-refractivity contribution in [2.75, 3.05) is 11.9 Å². The molecule has 2 aromatic heterocycles. The molecule has 0 aliphatic heterocycles. The summed E-state index contributed by atoms with van der Waals surface area (Å²) in [5, 5.41) is 14.4. The van der Waals surface area contributed by atoms with Crippen molar-refractivity contribution in [2.24, 2.45) is 0 Å². The molecular formula is C26H29FN3O3S+. The van der Waals surface area contributed by atoms with Gasteiger partial charge in [-0.1, -0.05) is 25.2 Å². The summed E-state index contributed by atoms with van der Waals surface area (Å²) in [6, 6.07) is 8.57. The van der Waals surface area contributed by atoms with Crippen LogP contribution in [0.25, 0.3) is 11.5 Å². The van der Waals surface area contributed by atoms with Gasteiger partial charge in [-0.05, 0) is 62.9 Å². The smallest absolute Gasteiger partial charge is 0.340 e. The van der Waals surface area contributed by atoms with Gasteiger partial charge in [0.15, 0.2) is 17.4 Å². The van der Waals surface area contributed by atoms with E-state index in [9.17, 15) is 14.3 Å². The second-order valence-corrected chi connectivity index (χ2v) is 8.34. The molecule has 0 bridgehead atoms. The molecule has 0 aliphatic carbocycles. The summed E-state index contributed by atoms with van der Waals surface area (Å²) in [5.41, 5.74) is 4.20. The third kappa shape index (κ3) is 5.17. The van der Waals surface area contributed by atoms with Gasteiger partial charge in [-0.15, -0.1) is 0 Å². The summed E-state index contributed by atoms with van der Waals surface area (Å²) in [5.74, 6) is -0.988. The van der Waals surface area contributed by atoms with Gasteiger partial charge in [0.1, 0.15) is 5.82 Å². The Morgan fingerprint density at radius 3 is 2.44 bits per heavy atom. The molecular weight excluding hydrogens is 453 g/mol. The van der Waals surface area contributed by atoms with Gasteiger partial charge in [0.05, 0.1) is 17.9 Å². The summed E-state index contributed by atoms with van der Waals surface area (Å²) in [6.45, 7) is 9.18. The number of esters is 1. The molecule has 1 aromatic carbocycles. The lowest BCUT2D eigenvalue weighted by atomic mass is 10.1. The lowest BCUT2D eigenvalue weighted by Gasteiger charge is -2.11. The van der Waals surface area contributed by atoms with Crippen molar-refractivity contribution in [3.8, 4) is 0 Å². The molecule has 0 saturated heterocycles. The van der Waals surface area contributed by atoms with E-state index >= 15 is 0 Å². The number of carbonyl (C=O) groups is 1. The van der Waals surface area contributed by atoms with Gasteiger partial charge in [-0.3, -0.25) is 0 Å². The SMILES string of the molecule is CCOC(=O)c1c(C)[nH]c(C(O)=C(C(=S)Nc2ccc(C)c(F)c2)[n+]2ccc(CC)cc2)c1C. The number of hydrogen-bond acceptors (Lipinski definition) is 4. The van der Waals surface area contributed by atoms with E-state index in [1.807, 2.05) is 19.1 Å². The number of rotatable bonds is 7. The highest BCUT2D eigenvalue weighted by Gasteiger charge is 2.29. The number of halogens is 1. The Labute approximate surface area is 204 Å². The van der Waals surface area contributed by atoms with E-state index in [0.29, 0.717) is 33.8 Å². The van der Waals surface area contributed by atoms with Crippen LogP contribution in [0.4, 0.5) is 10.1 Å². The molecule has 3 aromatic rings. The Bertz CT molecular complexity index is 1260. The van der Waals surface area contributed by atoms with Crippen LogP contribution in [0.2, 0.25) is 0 Å². The van der Waals surface area contributed by atoms with Crippen molar-refractivity contribution in [2.45, 2.75) is 41.0 Å². The zero-order valence-electron chi connectivity index (χ0n) is 20.0. The van der Waals surface area contributed by atoms with E-state index in [1.54, 1.807) is 56.8 Å². The lowest BCUT2D eigenvalue weighted by molar-refractivity contribution is -0.575. The minimum absolute atomic E-state index is 0.157. The van der Waals surface area contributed by atoms with Gasteiger partial charge < -0.3 is 20.1 Å². The van der Waals surface area contributed by atoms with Crippen LogP contribution in [-0.2, 0) is 11.2 Å². The highest BCUT2D eigenvalue weighted by Crippen LogP contribution is 2.27. The van der Waals surface area contributed by atoms with Gasteiger partial charge in [0.2, 0.25) is 5.76 Å². The number of thiocarbonyl (C=S) groups is 1. The number of benzene rings is 1. The number of aromatic nitrogens is 2. The number of anilines is 1. The first-order valence-corrected chi connectivity index (χ1v) is 11.5. The molecule has 178 valence electrons. The molecule has 0 aliphatic rings. The highest BCUT2D eigenvalue weighted by molar-refractivity contribution is 7.81. The maximum absolute atomic E-state index is 14.1. The number of carbonyl (C=O) groups excluding carboxylic acids is 1. The number of aliphatic hydroxyl groups excluding tert-OH is 1. The average Bonchev–Trinajstić information content (AvgIpc) is 3.11. The standard InChI is InChI=1S/C26H28FN3O3S/c1-6-18-10-12-30(13-11-18)23(25(34)29-19-9-8-15(3)20(27)14-19)24(31)22-16(4)21(17(5)28-22)26(32)33-7-2/h8-14H,6-7H2,1-5H3,(H2-,28,29,31,32,34)/p+1. The predicted octanol–water partition coefficient (Wildman–Crippen LogP) is 5.43. The number of aromatic amines is 1. The molecule has 0 amide bonds. The zero-order chi connectivity index (χ0) is 25.0. The van der Waals surface area contributed by atoms with Crippen LogP contribution in [0, 0.1) is 26.6 Å². The van der Waals surface area contributed by atoms with Crippen LogP contribution in [0.5, 0.6) is 0 Å². The highest BCUT2D eigenvalue weighted by atomic mass is 32.1. The number of aryl methyl sites for hydroxylation is 3. The second-order valence-electron chi connectivity index (χ2n) is 7.93. The third-order valence-corrected chi connectivity index (χ3v) is 5.88. The molecule has 0 fully saturated rings. The topological polar surface area (TPSA) is 78.2 Å². The number of pyridine rings is 1. The molecule has 0 unspecified atom stereocenters. The fourth-order valence-electron chi connectivity index (χ4n) is 3.66. The quantitative estimate of drug-likeness (QED) is 0.138. The van der Waals surface area contributed by atoms with Gasteiger partial charge in [-0.25, -0.2) is 9.18 Å². The predicted molar refractivity (Wildman–Crippen MR) is 135 cm³/mol. The zero-order valence-corrected chi connectivity index (χ0v) is 20.8. The van der Waals surface area contributed by atoms with Crippen molar-refractivity contribution >= 4 is 40.3 Å². The lowest BCUT2D eigenvalue weighted by Crippen LogP contribution is -2.38. The van der Waals surface area contributed by atoms with Gasteiger partial charge in [-0.2, -0.15) is 4.57 Å². The van der Waals surface area contributed by atoms with Crippen LogP contribution < -0.4 is 9.88 Å². The molecule has 3 N–H and O–H groups in total. The van der Waals surface area contributed by atoms with Gasteiger partial charge in [0, 0.05) is 23.5 Å². The van der Waals surface area contributed by atoms with E-state index in [0.717, 1.165) is 12.0 Å². The molecule has 0 saturated carbocycles. The largest absolute Gasteiger partial charge is 0.501 e. The molecule has 0 atom stereocenters. The Morgan fingerprint density at radius 2 is 1.85 bits per heavy atom. The van der Waals surface area contributed by atoms with Crippen molar-refractivity contribution in [1.29, 1.82) is 0 Å².